The standard InChI is InChI=1S/C17H15FN6O3S/c1-10(16(25)20-13-8-4-5-9-14(13)24(26)27)28-17-22-21-15(23(17)19)11-6-2-3-7-12(11)18/h2-10H,19H2,1H3,(H,20,25)/t10-/m1/s1. The molecule has 0 bridgehead atoms. The van der Waals surface area contributed by atoms with Gasteiger partial charge in [-0.1, -0.05) is 36.0 Å². The third-order valence-corrected chi connectivity index (χ3v) is 4.85. The molecule has 0 unspecified atom stereocenters. The van der Waals surface area contributed by atoms with Crippen molar-refractivity contribution < 1.29 is 14.1 Å². The lowest BCUT2D eigenvalue weighted by molar-refractivity contribution is -0.383. The van der Waals surface area contributed by atoms with Gasteiger partial charge in [0.05, 0.1) is 15.7 Å². The van der Waals surface area contributed by atoms with Crippen LogP contribution in [0.25, 0.3) is 11.4 Å². The Labute approximate surface area is 162 Å². The van der Waals surface area contributed by atoms with Crippen molar-refractivity contribution in [1.29, 1.82) is 0 Å². The predicted molar refractivity (Wildman–Crippen MR) is 103 cm³/mol. The van der Waals surface area contributed by atoms with Gasteiger partial charge in [0.25, 0.3) is 5.69 Å². The molecule has 3 rings (SSSR count). The number of benzene rings is 2. The number of carbonyl (C=O) groups is 1. The van der Waals surface area contributed by atoms with Crippen LogP contribution in [0.15, 0.2) is 53.7 Å². The molecule has 144 valence electrons. The minimum Gasteiger partial charge on any atom is -0.335 e. The number of nitro groups is 1. The Morgan fingerprint density at radius 2 is 1.93 bits per heavy atom. The minimum absolute atomic E-state index is 0.0891. The molecule has 0 saturated carbocycles. The van der Waals surface area contributed by atoms with Gasteiger partial charge in [0.1, 0.15) is 11.5 Å². The zero-order valence-electron chi connectivity index (χ0n) is 14.6. The smallest absolute Gasteiger partial charge is 0.292 e. The summed E-state index contributed by atoms with van der Waals surface area (Å²) in [6.45, 7) is 1.59. The van der Waals surface area contributed by atoms with Gasteiger partial charge in [-0.3, -0.25) is 14.9 Å². The van der Waals surface area contributed by atoms with Gasteiger partial charge in [-0.25, -0.2) is 9.07 Å². The average molecular weight is 402 g/mol. The van der Waals surface area contributed by atoms with Crippen LogP contribution in [0.5, 0.6) is 0 Å². The lowest BCUT2D eigenvalue weighted by Gasteiger charge is -2.11. The highest BCUT2D eigenvalue weighted by atomic mass is 32.2. The molecule has 0 saturated heterocycles. The molecule has 1 aromatic heterocycles. The second-order valence-electron chi connectivity index (χ2n) is 5.68. The number of aromatic nitrogens is 3. The number of nitro benzene ring substituents is 1. The van der Waals surface area contributed by atoms with Crippen molar-refractivity contribution in [3.8, 4) is 11.4 Å². The third kappa shape index (κ3) is 3.93. The van der Waals surface area contributed by atoms with Crippen LogP contribution < -0.4 is 11.2 Å². The van der Waals surface area contributed by atoms with Gasteiger partial charge in [0, 0.05) is 6.07 Å². The molecule has 3 N–H and O–H groups in total. The van der Waals surface area contributed by atoms with E-state index in [1.54, 1.807) is 25.1 Å². The Morgan fingerprint density at radius 3 is 2.64 bits per heavy atom. The summed E-state index contributed by atoms with van der Waals surface area (Å²) in [5.41, 5.74) is 0.0597. The van der Waals surface area contributed by atoms with Crippen LogP contribution in [-0.2, 0) is 4.79 Å². The summed E-state index contributed by atoms with van der Waals surface area (Å²) in [6, 6.07) is 11.8. The summed E-state index contributed by atoms with van der Waals surface area (Å²) in [5.74, 6) is 5.09. The van der Waals surface area contributed by atoms with Crippen LogP contribution in [-0.4, -0.2) is 31.0 Å². The van der Waals surface area contributed by atoms with E-state index >= 15 is 0 Å². The first kappa shape index (κ1) is 19.3. The molecule has 0 radical (unpaired) electrons. The molecular weight excluding hydrogens is 387 g/mol. The Bertz CT molecular complexity index is 1040. The van der Waals surface area contributed by atoms with Gasteiger partial charge in [-0.05, 0) is 25.1 Å². The summed E-state index contributed by atoms with van der Waals surface area (Å²) < 4.78 is 15.0. The summed E-state index contributed by atoms with van der Waals surface area (Å²) in [5, 5.41) is 20.9. The Kier molecular flexibility index (Phi) is 5.54. The van der Waals surface area contributed by atoms with Crippen molar-refractivity contribution >= 4 is 29.0 Å². The van der Waals surface area contributed by atoms with Crippen molar-refractivity contribution in [3.05, 3.63) is 64.5 Å². The number of anilines is 1. The molecule has 1 heterocycles. The zero-order chi connectivity index (χ0) is 20.3. The van der Waals surface area contributed by atoms with Crippen molar-refractivity contribution in [2.45, 2.75) is 17.3 Å². The lowest BCUT2D eigenvalue weighted by atomic mass is 10.2. The molecular formula is C17H15FN6O3S. The summed E-state index contributed by atoms with van der Waals surface area (Å²) in [7, 11) is 0. The monoisotopic (exact) mass is 402 g/mol. The number of hydrogen-bond acceptors (Lipinski definition) is 7. The molecule has 2 aromatic carbocycles. The normalized spacial score (nSPS) is 11.8. The van der Waals surface area contributed by atoms with Gasteiger partial charge < -0.3 is 11.2 Å². The number of amides is 1. The second kappa shape index (κ2) is 8.05. The topological polar surface area (TPSA) is 129 Å². The van der Waals surface area contributed by atoms with Crippen LogP contribution in [0.1, 0.15) is 6.92 Å². The minimum atomic E-state index is -0.695. The maximum Gasteiger partial charge on any atom is 0.292 e. The van der Waals surface area contributed by atoms with Gasteiger partial charge in [0.15, 0.2) is 5.82 Å². The number of nitrogens with zero attached hydrogens (tertiary/aromatic N) is 4. The first-order valence-electron chi connectivity index (χ1n) is 8.05. The Balaban J connectivity index is 1.75. The van der Waals surface area contributed by atoms with Crippen molar-refractivity contribution in [2.75, 3.05) is 11.2 Å². The summed E-state index contributed by atoms with van der Waals surface area (Å²) in [6.07, 6.45) is 0. The van der Waals surface area contributed by atoms with Crippen molar-refractivity contribution in [1.82, 2.24) is 14.9 Å². The molecule has 0 aliphatic carbocycles. The van der Waals surface area contributed by atoms with E-state index in [0.717, 1.165) is 16.4 Å². The SMILES string of the molecule is C[C@@H](Sc1nnc(-c2ccccc2F)n1N)C(=O)Nc1ccccc1[N+](=O)[O-]. The Hall–Kier alpha value is -3.47. The molecule has 3 aromatic rings. The number of nitrogens with one attached hydrogen (secondary N) is 1. The van der Waals surface area contributed by atoms with E-state index < -0.39 is 21.9 Å². The fraction of sp³-hybridized carbons (Fsp3) is 0.118. The van der Waals surface area contributed by atoms with Gasteiger partial charge in [-0.15, -0.1) is 10.2 Å². The molecule has 0 aliphatic heterocycles. The zero-order valence-corrected chi connectivity index (χ0v) is 15.4. The van der Waals surface area contributed by atoms with Crippen LogP contribution in [0.4, 0.5) is 15.8 Å². The second-order valence-corrected chi connectivity index (χ2v) is 6.99. The van der Waals surface area contributed by atoms with E-state index in [0.29, 0.717) is 0 Å². The van der Waals surface area contributed by atoms with Crippen molar-refractivity contribution in [3.63, 3.8) is 0 Å². The number of hydrogen-bond donors (Lipinski definition) is 2. The molecule has 9 nitrogen and oxygen atoms in total. The molecule has 0 spiro atoms. The summed E-state index contributed by atoms with van der Waals surface area (Å²) in [4.78, 5) is 22.9. The molecule has 11 heteroatoms. The van der Waals surface area contributed by atoms with E-state index in [1.807, 2.05) is 0 Å². The van der Waals surface area contributed by atoms with Crippen LogP contribution in [0, 0.1) is 15.9 Å². The maximum atomic E-state index is 13.9. The molecule has 0 fully saturated rings. The first-order chi connectivity index (χ1) is 13.4. The van der Waals surface area contributed by atoms with Gasteiger partial charge in [-0.2, -0.15) is 0 Å². The molecule has 28 heavy (non-hydrogen) atoms. The van der Waals surface area contributed by atoms with E-state index in [2.05, 4.69) is 15.5 Å². The maximum absolute atomic E-state index is 13.9. The number of rotatable bonds is 6. The summed E-state index contributed by atoms with van der Waals surface area (Å²) >= 11 is 0.993. The quantitative estimate of drug-likeness (QED) is 0.281. The van der Waals surface area contributed by atoms with Crippen molar-refractivity contribution in [2.24, 2.45) is 0 Å². The van der Waals surface area contributed by atoms with Crippen LogP contribution in [0.3, 0.4) is 0 Å². The number of thioether (sulfide) groups is 1. The Morgan fingerprint density at radius 1 is 1.25 bits per heavy atom. The third-order valence-electron chi connectivity index (χ3n) is 3.79. The van der Waals surface area contributed by atoms with Gasteiger partial charge >= 0.3 is 0 Å². The highest BCUT2D eigenvalue weighted by Crippen LogP contribution is 2.28. The number of nitrogen functional groups attached to an aromatic ring is 1. The molecule has 1 amide bonds. The number of nitrogens with two attached hydrogens (primary N) is 1. The van der Waals surface area contributed by atoms with E-state index in [9.17, 15) is 19.3 Å². The number of halogens is 1. The van der Waals surface area contributed by atoms with Crippen LogP contribution in [0.2, 0.25) is 0 Å². The van der Waals surface area contributed by atoms with E-state index in [-0.39, 0.29) is 27.9 Å². The first-order valence-corrected chi connectivity index (χ1v) is 8.92. The highest BCUT2D eigenvalue weighted by Gasteiger charge is 2.23. The lowest BCUT2D eigenvalue weighted by Crippen LogP contribution is -2.24. The van der Waals surface area contributed by atoms with Crippen LogP contribution >= 0.6 is 11.8 Å². The largest absolute Gasteiger partial charge is 0.335 e. The van der Waals surface area contributed by atoms with E-state index in [4.69, 9.17) is 5.84 Å². The highest BCUT2D eigenvalue weighted by molar-refractivity contribution is 8.00. The number of para-hydroxylation sites is 2. The fourth-order valence-electron chi connectivity index (χ4n) is 2.37. The van der Waals surface area contributed by atoms with Gasteiger partial charge in [0.2, 0.25) is 11.1 Å². The average Bonchev–Trinajstić information content (AvgIpc) is 3.02. The molecule has 0 aliphatic rings. The number of carbonyl (C=O) groups excluding carboxylic acids is 1. The molecule has 1 atom stereocenters. The van der Waals surface area contributed by atoms with E-state index in [1.165, 1.54) is 30.3 Å². The fourth-order valence-corrected chi connectivity index (χ4v) is 3.14. The predicted octanol–water partition coefficient (Wildman–Crippen LogP) is 2.83.